The molecule has 0 spiro atoms. The summed E-state index contributed by atoms with van der Waals surface area (Å²) in [6.07, 6.45) is 2.54. The van der Waals surface area contributed by atoms with Crippen LogP contribution in [-0.4, -0.2) is 6.04 Å². The van der Waals surface area contributed by atoms with Crippen molar-refractivity contribution in [3.05, 3.63) is 20.3 Å². The van der Waals surface area contributed by atoms with Crippen molar-refractivity contribution < 1.29 is 0 Å². The molecule has 1 nitrogen and oxygen atoms in total. The number of halogens is 1. The SMILES string of the molecule is CCC(C)CC(C)NCc1cc(Br)c(C)s1. The third-order valence-corrected chi connectivity index (χ3v) is 5.12. The van der Waals surface area contributed by atoms with E-state index in [1.807, 2.05) is 11.3 Å². The number of nitrogens with one attached hydrogen (secondary N) is 1. The van der Waals surface area contributed by atoms with Gasteiger partial charge in [-0.3, -0.25) is 0 Å². The number of thiophene rings is 1. The molecule has 1 rings (SSSR count). The van der Waals surface area contributed by atoms with Crippen LogP contribution >= 0.6 is 27.3 Å². The van der Waals surface area contributed by atoms with Gasteiger partial charge in [-0.05, 0) is 48.2 Å². The Morgan fingerprint density at radius 3 is 2.62 bits per heavy atom. The molecule has 0 aliphatic rings. The highest BCUT2D eigenvalue weighted by atomic mass is 79.9. The average Bonchev–Trinajstić information content (AvgIpc) is 2.55. The van der Waals surface area contributed by atoms with Crippen LogP contribution in [0, 0.1) is 12.8 Å². The van der Waals surface area contributed by atoms with Gasteiger partial charge in [0, 0.05) is 26.8 Å². The quantitative estimate of drug-likeness (QED) is 0.801. The minimum absolute atomic E-state index is 0.608. The lowest BCUT2D eigenvalue weighted by atomic mass is 10.0. The molecule has 0 aromatic carbocycles. The van der Waals surface area contributed by atoms with E-state index in [0.717, 1.165) is 12.5 Å². The summed E-state index contributed by atoms with van der Waals surface area (Å²) in [7, 11) is 0. The van der Waals surface area contributed by atoms with Gasteiger partial charge in [-0.15, -0.1) is 11.3 Å². The molecule has 0 amide bonds. The molecule has 0 radical (unpaired) electrons. The van der Waals surface area contributed by atoms with Gasteiger partial charge in [-0.1, -0.05) is 20.3 Å². The molecule has 1 aromatic rings. The van der Waals surface area contributed by atoms with E-state index in [2.05, 4.69) is 55.0 Å². The highest BCUT2D eigenvalue weighted by molar-refractivity contribution is 9.10. The van der Waals surface area contributed by atoms with E-state index in [9.17, 15) is 0 Å². The van der Waals surface area contributed by atoms with Crippen LogP contribution in [0.3, 0.4) is 0 Å². The Bertz CT molecular complexity index is 302. The summed E-state index contributed by atoms with van der Waals surface area (Å²) in [6, 6.07) is 2.83. The van der Waals surface area contributed by atoms with Crippen molar-refractivity contribution in [1.82, 2.24) is 5.32 Å². The van der Waals surface area contributed by atoms with Crippen LogP contribution in [0.2, 0.25) is 0 Å². The molecule has 2 unspecified atom stereocenters. The summed E-state index contributed by atoms with van der Waals surface area (Å²) in [5.74, 6) is 0.819. The molecule has 0 aliphatic carbocycles. The lowest BCUT2D eigenvalue weighted by Gasteiger charge is -2.16. The first-order valence-electron chi connectivity index (χ1n) is 6.01. The summed E-state index contributed by atoms with van der Waals surface area (Å²) in [5.41, 5.74) is 0. The van der Waals surface area contributed by atoms with Gasteiger partial charge in [0.15, 0.2) is 0 Å². The van der Waals surface area contributed by atoms with E-state index in [1.165, 1.54) is 27.1 Å². The fraction of sp³-hybridized carbons (Fsp3) is 0.692. The minimum Gasteiger partial charge on any atom is -0.309 e. The second kappa shape index (κ2) is 6.77. The minimum atomic E-state index is 0.608. The van der Waals surface area contributed by atoms with Crippen LogP contribution in [0.15, 0.2) is 10.5 Å². The van der Waals surface area contributed by atoms with Crippen LogP contribution in [0.5, 0.6) is 0 Å². The molecule has 0 saturated carbocycles. The smallest absolute Gasteiger partial charge is 0.0314 e. The maximum atomic E-state index is 3.59. The normalized spacial score (nSPS) is 15.1. The number of hydrogen-bond donors (Lipinski definition) is 1. The van der Waals surface area contributed by atoms with E-state index < -0.39 is 0 Å². The molecular weight excluding hydrogens is 282 g/mol. The fourth-order valence-corrected chi connectivity index (χ4v) is 3.29. The van der Waals surface area contributed by atoms with Gasteiger partial charge in [0.25, 0.3) is 0 Å². The second-order valence-electron chi connectivity index (χ2n) is 4.65. The number of hydrogen-bond acceptors (Lipinski definition) is 2. The Balaban J connectivity index is 2.34. The summed E-state index contributed by atoms with van der Waals surface area (Å²) >= 11 is 5.43. The summed E-state index contributed by atoms with van der Waals surface area (Å²) in [6.45, 7) is 10.0. The third kappa shape index (κ3) is 4.56. The van der Waals surface area contributed by atoms with Gasteiger partial charge in [0.05, 0.1) is 0 Å². The Morgan fingerprint density at radius 2 is 2.12 bits per heavy atom. The van der Waals surface area contributed by atoms with Crippen LogP contribution in [0.1, 0.15) is 43.4 Å². The molecule has 2 atom stereocenters. The predicted molar refractivity (Wildman–Crippen MR) is 77.1 cm³/mol. The molecule has 0 fully saturated rings. The fourth-order valence-electron chi connectivity index (χ4n) is 1.73. The summed E-state index contributed by atoms with van der Waals surface area (Å²) in [5, 5.41) is 3.59. The van der Waals surface area contributed by atoms with Crippen molar-refractivity contribution in [3.63, 3.8) is 0 Å². The van der Waals surface area contributed by atoms with E-state index in [4.69, 9.17) is 0 Å². The first kappa shape index (κ1) is 14.2. The molecule has 0 saturated heterocycles. The van der Waals surface area contributed by atoms with Crippen molar-refractivity contribution in [2.75, 3.05) is 0 Å². The molecule has 1 aromatic heterocycles. The third-order valence-electron chi connectivity index (χ3n) is 2.99. The van der Waals surface area contributed by atoms with E-state index in [0.29, 0.717) is 6.04 Å². The van der Waals surface area contributed by atoms with Crippen molar-refractivity contribution in [2.45, 2.75) is 53.1 Å². The Kier molecular flexibility index (Phi) is 6.01. The van der Waals surface area contributed by atoms with Gasteiger partial charge in [-0.25, -0.2) is 0 Å². The first-order valence-corrected chi connectivity index (χ1v) is 7.62. The van der Waals surface area contributed by atoms with Crippen molar-refractivity contribution in [1.29, 1.82) is 0 Å². The van der Waals surface area contributed by atoms with Gasteiger partial charge in [0.1, 0.15) is 0 Å². The van der Waals surface area contributed by atoms with E-state index in [-0.39, 0.29) is 0 Å². The van der Waals surface area contributed by atoms with Crippen LogP contribution < -0.4 is 5.32 Å². The molecule has 1 heterocycles. The highest BCUT2D eigenvalue weighted by Crippen LogP contribution is 2.26. The lowest BCUT2D eigenvalue weighted by molar-refractivity contribution is 0.413. The molecule has 3 heteroatoms. The van der Waals surface area contributed by atoms with Gasteiger partial charge in [-0.2, -0.15) is 0 Å². The molecule has 92 valence electrons. The zero-order chi connectivity index (χ0) is 12.1. The second-order valence-corrected chi connectivity index (χ2v) is 6.84. The van der Waals surface area contributed by atoms with Gasteiger partial charge in [0.2, 0.25) is 0 Å². The van der Waals surface area contributed by atoms with Gasteiger partial charge < -0.3 is 5.32 Å². The van der Waals surface area contributed by atoms with Gasteiger partial charge >= 0.3 is 0 Å². The summed E-state index contributed by atoms with van der Waals surface area (Å²) in [4.78, 5) is 2.78. The summed E-state index contributed by atoms with van der Waals surface area (Å²) < 4.78 is 1.24. The van der Waals surface area contributed by atoms with Crippen LogP contribution in [0.4, 0.5) is 0 Å². The zero-order valence-corrected chi connectivity index (χ0v) is 13.0. The predicted octanol–water partition coefficient (Wildman–Crippen LogP) is 4.73. The molecular formula is C13H22BrNS. The van der Waals surface area contributed by atoms with Crippen molar-refractivity contribution in [2.24, 2.45) is 5.92 Å². The molecule has 16 heavy (non-hydrogen) atoms. The van der Waals surface area contributed by atoms with E-state index >= 15 is 0 Å². The zero-order valence-electron chi connectivity index (χ0n) is 10.6. The van der Waals surface area contributed by atoms with Crippen LogP contribution in [-0.2, 0) is 6.54 Å². The maximum Gasteiger partial charge on any atom is 0.0314 e. The Hall–Kier alpha value is 0.140. The topological polar surface area (TPSA) is 12.0 Å². The Morgan fingerprint density at radius 1 is 1.44 bits per heavy atom. The molecule has 0 bridgehead atoms. The van der Waals surface area contributed by atoms with Crippen molar-refractivity contribution in [3.8, 4) is 0 Å². The average molecular weight is 304 g/mol. The Labute approximate surface area is 112 Å². The molecule has 1 N–H and O–H groups in total. The van der Waals surface area contributed by atoms with E-state index in [1.54, 1.807) is 0 Å². The lowest BCUT2D eigenvalue weighted by Crippen LogP contribution is -2.26. The highest BCUT2D eigenvalue weighted by Gasteiger charge is 2.08. The molecule has 0 aliphatic heterocycles. The monoisotopic (exact) mass is 303 g/mol. The largest absolute Gasteiger partial charge is 0.309 e. The van der Waals surface area contributed by atoms with Crippen LogP contribution in [0.25, 0.3) is 0 Å². The maximum absolute atomic E-state index is 3.59. The number of aryl methyl sites for hydroxylation is 1. The van der Waals surface area contributed by atoms with Crippen molar-refractivity contribution >= 4 is 27.3 Å². The standard InChI is InChI=1S/C13H22BrNS/c1-5-9(2)6-10(3)15-8-12-7-13(14)11(4)16-12/h7,9-10,15H,5-6,8H2,1-4H3. The number of rotatable bonds is 6. The first-order chi connectivity index (χ1) is 7.52.